The summed E-state index contributed by atoms with van der Waals surface area (Å²) in [5.74, 6) is 0.396. The van der Waals surface area contributed by atoms with Crippen molar-refractivity contribution in [2.24, 2.45) is 0 Å². The quantitative estimate of drug-likeness (QED) is 0.623. The third-order valence-electron chi connectivity index (χ3n) is 2.66. The molecular formula is C10H15N3O3. The lowest BCUT2D eigenvalue weighted by atomic mass is 10.2. The van der Waals surface area contributed by atoms with E-state index in [1.807, 2.05) is 0 Å². The summed E-state index contributed by atoms with van der Waals surface area (Å²) in [5, 5.41) is 12.5. The van der Waals surface area contributed by atoms with Crippen LogP contribution in [0.25, 0.3) is 0 Å². The number of rotatable bonds is 4. The second-order valence-corrected chi connectivity index (χ2v) is 3.88. The summed E-state index contributed by atoms with van der Waals surface area (Å²) in [5.41, 5.74) is 3.21. The Balaban J connectivity index is 1.81. The van der Waals surface area contributed by atoms with Gasteiger partial charge in [-0.2, -0.15) is 0 Å². The summed E-state index contributed by atoms with van der Waals surface area (Å²) in [4.78, 5) is 9.88. The van der Waals surface area contributed by atoms with E-state index in [0.29, 0.717) is 12.3 Å². The van der Waals surface area contributed by atoms with Gasteiger partial charge in [-0.1, -0.05) is 6.42 Å². The van der Waals surface area contributed by atoms with E-state index in [1.165, 1.54) is 25.3 Å². The summed E-state index contributed by atoms with van der Waals surface area (Å²) < 4.78 is 5.05. The van der Waals surface area contributed by atoms with Crippen molar-refractivity contribution >= 4 is 5.88 Å². The van der Waals surface area contributed by atoms with Gasteiger partial charge in [-0.25, -0.2) is 10.4 Å². The Kier molecular flexibility index (Phi) is 3.53. The Bertz CT molecular complexity index is 358. The molecule has 1 aromatic rings. The van der Waals surface area contributed by atoms with Crippen LogP contribution in [-0.2, 0) is 6.54 Å². The molecule has 1 aliphatic heterocycles. The van der Waals surface area contributed by atoms with E-state index >= 15 is 0 Å². The van der Waals surface area contributed by atoms with Crippen molar-refractivity contribution in [2.45, 2.75) is 25.8 Å². The van der Waals surface area contributed by atoms with Gasteiger partial charge in [-0.3, -0.25) is 10.1 Å². The van der Waals surface area contributed by atoms with Crippen LogP contribution in [0.5, 0.6) is 0 Å². The third kappa shape index (κ3) is 2.80. The molecule has 2 rings (SSSR count). The predicted molar refractivity (Wildman–Crippen MR) is 57.6 cm³/mol. The van der Waals surface area contributed by atoms with Crippen molar-refractivity contribution in [1.29, 1.82) is 0 Å². The van der Waals surface area contributed by atoms with Gasteiger partial charge >= 0.3 is 5.88 Å². The fourth-order valence-electron chi connectivity index (χ4n) is 1.80. The van der Waals surface area contributed by atoms with Crippen LogP contribution >= 0.6 is 0 Å². The summed E-state index contributed by atoms with van der Waals surface area (Å²) in [7, 11) is 0. The van der Waals surface area contributed by atoms with Gasteiger partial charge in [-0.15, -0.1) is 0 Å². The second kappa shape index (κ2) is 5.09. The van der Waals surface area contributed by atoms with E-state index in [-0.39, 0.29) is 5.88 Å². The first-order chi connectivity index (χ1) is 7.75. The van der Waals surface area contributed by atoms with Crippen molar-refractivity contribution < 1.29 is 9.34 Å². The van der Waals surface area contributed by atoms with Crippen LogP contribution in [0.1, 0.15) is 25.0 Å². The smallest absolute Gasteiger partial charge is 0.404 e. The molecule has 6 nitrogen and oxygen atoms in total. The topological polar surface area (TPSA) is 71.6 Å². The molecule has 6 heteroatoms. The number of nitro groups is 1. The molecule has 0 atom stereocenters. The molecule has 1 N–H and O–H groups in total. The molecule has 0 spiro atoms. The van der Waals surface area contributed by atoms with Crippen molar-refractivity contribution in [2.75, 3.05) is 13.1 Å². The zero-order valence-electron chi connectivity index (χ0n) is 9.02. The Hall–Kier alpha value is -1.40. The molecule has 0 radical (unpaired) electrons. The van der Waals surface area contributed by atoms with Crippen LogP contribution in [0.4, 0.5) is 5.88 Å². The Morgan fingerprint density at radius 1 is 1.38 bits per heavy atom. The SMILES string of the molecule is O=[N+]([O-])c1ccc(CNN2CCCCC2)o1. The van der Waals surface area contributed by atoms with Gasteiger partial charge in [0.25, 0.3) is 0 Å². The van der Waals surface area contributed by atoms with Gasteiger partial charge < -0.3 is 4.42 Å². The lowest BCUT2D eigenvalue weighted by molar-refractivity contribution is -0.402. The molecule has 0 unspecified atom stereocenters. The number of hydrogen-bond acceptors (Lipinski definition) is 5. The first-order valence-electron chi connectivity index (χ1n) is 5.47. The number of nitrogens with one attached hydrogen (secondary N) is 1. The van der Waals surface area contributed by atoms with Gasteiger partial charge in [0.1, 0.15) is 10.7 Å². The van der Waals surface area contributed by atoms with Crippen molar-refractivity contribution in [3.05, 3.63) is 28.0 Å². The van der Waals surface area contributed by atoms with E-state index < -0.39 is 4.92 Å². The summed E-state index contributed by atoms with van der Waals surface area (Å²) in [6, 6.07) is 3.02. The molecule has 1 aliphatic rings. The van der Waals surface area contributed by atoms with Crippen molar-refractivity contribution in [3.63, 3.8) is 0 Å². The highest BCUT2D eigenvalue weighted by Crippen LogP contribution is 2.15. The first kappa shape index (κ1) is 11.1. The molecule has 1 saturated heterocycles. The first-order valence-corrected chi connectivity index (χ1v) is 5.47. The molecule has 2 heterocycles. The average Bonchev–Trinajstić information content (AvgIpc) is 2.76. The molecular weight excluding hydrogens is 210 g/mol. The Morgan fingerprint density at radius 2 is 2.12 bits per heavy atom. The standard InChI is InChI=1S/C10H15N3O3/c14-13(15)10-5-4-9(16-10)8-11-12-6-2-1-3-7-12/h4-5,11H,1-3,6-8H2. The molecule has 16 heavy (non-hydrogen) atoms. The van der Waals surface area contributed by atoms with E-state index in [1.54, 1.807) is 6.07 Å². The predicted octanol–water partition coefficient (Wildman–Crippen LogP) is 1.68. The minimum absolute atomic E-state index is 0.199. The minimum atomic E-state index is -0.523. The maximum absolute atomic E-state index is 10.4. The van der Waals surface area contributed by atoms with Crippen molar-refractivity contribution in [3.8, 4) is 0 Å². The van der Waals surface area contributed by atoms with E-state index in [4.69, 9.17) is 4.42 Å². The van der Waals surface area contributed by atoms with Crippen LogP contribution in [0.2, 0.25) is 0 Å². The zero-order chi connectivity index (χ0) is 11.4. The van der Waals surface area contributed by atoms with Crippen LogP contribution in [0.3, 0.4) is 0 Å². The number of piperidine rings is 1. The number of furan rings is 1. The fourth-order valence-corrected chi connectivity index (χ4v) is 1.80. The van der Waals surface area contributed by atoms with Crippen LogP contribution in [0.15, 0.2) is 16.5 Å². The van der Waals surface area contributed by atoms with Crippen molar-refractivity contribution in [1.82, 2.24) is 10.4 Å². The maximum Gasteiger partial charge on any atom is 0.433 e. The lowest BCUT2D eigenvalue weighted by Crippen LogP contribution is -2.41. The van der Waals surface area contributed by atoms with Gasteiger partial charge in [0, 0.05) is 13.1 Å². The van der Waals surface area contributed by atoms with E-state index in [2.05, 4.69) is 10.4 Å². The highest BCUT2D eigenvalue weighted by atomic mass is 16.6. The highest BCUT2D eigenvalue weighted by Gasteiger charge is 2.13. The lowest BCUT2D eigenvalue weighted by Gasteiger charge is -2.26. The van der Waals surface area contributed by atoms with Crippen LogP contribution in [-0.4, -0.2) is 23.0 Å². The molecule has 88 valence electrons. The highest BCUT2D eigenvalue weighted by molar-refractivity contribution is 5.17. The average molecular weight is 225 g/mol. The van der Waals surface area contributed by atoms with Crippen LogP contribution in [0, 0.1) is 10.1 Å². The monoisotopic (exact) mass is 225 g/mol. The number of hydrazine groups is 1. The van der Waals surface area contributed by atoms with Crippen LogP contribution < -0.4 is 5.43 Å². The summed E-state index contributed by atoms with van der Waals surface area (Å²) in [6.45, 7) is 2.57. The van der Waals surface area contributed by atoms with Gasteiger partial charge in [0.05, 0.1) is 12.6 Å². The third-order valence-corrected chi connectivity index (χ3v) is 2.66. The molecule has 0 aromatic carbocycles. The zero-order valence-corrected chi connectivity index (χ0v) is 9.02. The normalized spacial score (nSPS) is 17.5. The molecule has 1 fully saturated rings. The second-order valence-electron chi connectivity index (χ2n) is 3.88. The largest absolute Gasteiger partial charge is 0.433 e. The summed E-state index contributed by atoms with van der Waals surface area (Å²) >= 11 is 0. The number of nitrogens with zero attached hydrogens (tertiary/aromatic N) is 2. The minimum Gasteiger partial charge on any atom is -0.404 e. The maximum atomic E-state index is 10.4. The summed E-state index contributed by atoms with van der Waals surface area (Å²) in [6.07, 6.45) is 3.68. The Morgan fingerprint density at radius 3 is 2.75 bits per heavy atom. The van der Waals surface area contributed by atoms with E-state index in [0.717, 1.165) is 13.1 Å². The fraction of sp³-hybridized carbons (Fsp3) is 0.600. The molecule has 0 bridgehead atoms. The molecule has 0 aliphatic carbocycles. The number of hydrogen-bond donors (Lipinski definition) is 1. The molecule has 0 amide bonds. The van der Waals surface area contributed by atoms with Gasteiger partial charge in [-0.05, 0) is 18.9 Å². The van der Waals surface area contributed by atoms with Gasteiger partial charge in [0.15, 0.2) is 0 Å². The van der Waals surface area contributed by atoms with E-state index in [9.17, 15) is 10.1 Å². The van der Waals surface area contributed by atoms with Gasteiger partial charge in [0.2, 0.25) is 0 Å². The molecule has 1 aromatic heterocycles. The molecule has 0 saturated carbocycles. The Labute approximate surface area is 93.3 Å².